The Hall–Kier alpha value is -2.48. The van der Waals surface area contributed by atoms with Gasteiger partial charge in [-0.05, 0) is 25.0 Å². The molecule has 7 nitrogen and oxygen atoms in total. The lowest BCUT2D eigenvalue weighted by molar-refractivity contribution is 0.285. The van der Waals surface area contributed by atoms with Crippen LogP contribution in [-0.2, 0) is 0 Å². The minimum absolute atomic E-state index is 0.0299. The Morgan fingerprint density at radius 1 is 1.24 bits per heavy atom. The number of aromatic nitrogens is 3. The van der Waals surface area contributed by atoms with E-state index in [0.717, 1.165) is 12.0 Å². The van der Waals surface area contributed by atoms with E-state index in [0.29, 0.717) is 12.4 Å². The summed E-state index contributed by atoms with van der Waals surface area (Å²) in [4.78, 5) is 11.9. The van der Waals surface area contributed by atoms with Gasteiger partial charge in [-0.15, -0.1) is 4.98 Å². The number of nitrogens with zero attached hydrogens (tertiary/aromatic N) is 3. The fourth-order valence-electron chi connectivity index (χ4n) is 1.49. The summed E-state index contributed by atoms with van der Waals surface area (Å²) in [6.07, 6.45) is 0.802. The average molecular weight is 293 g/mol. The number of aryl methyl sites for hydroxylation is 1. The molecule has 0 atom stereocenters. The molecular weight excluding hydrogens is 277 g/mol. The lowest BCUT2D eigenvalue weighted by Crippen LogP contribution is -2.13. The third-order valence-electron chi connectivity index (χ3n) is 2.51. The smallest absolute Gasteiger partial charge is 0.330 e. The lowest BCUT2D eigenvalue weighted by atomic mass is 10.2. The largest absolute Gasteiger partial charge is 0.463 e. The standard InChI is InChI=1S/C13H16FN5O2/c1-3-6-20-12-16-11(19-15)17-13(18-12)21-10-7-9(14)5-4-8(10)2/h4-5,7H,3,6,15H2,1-2H3,(H,16,17,18,19). The first kappa shape index (κ1) is 14.9. The number of nitrogen functional groups attached to an aromatic ring is 1. The van der Waals surface area contributed by atoms with Crippen molar-refractivity contribution < 1.29 is 13.9 Å². The molecule has 0 amide bonds. The van der Waals surface area contributed by atoms with Gasteiger partial charge >= 0.3 is 12.0 Å². The molecule has 112 valence electrons. The number of halogens is 1. The molecule has 0 aliphatic rings. The first-order chi connectivity index (χ1) is 10.1. The summed E-state index contributed by atoms with van der Waals surface area (Å²) >= 11 is 0. The van der Waals surface area contributed by atoms with Crippen molar-refractivity contribution in [3.8, 4) is 17.8 Å². The first-order valence-corrected chi connectivity index (χ1v) is 6.42. The number of hydrazine groups is 1. The number of hydrogen-bond donors (Lipinski definition) is 2. The molecule has 0 unspecified atom stereocenters. The van der Waals surface area contributed by atoms with E-state index in [4.69, 9.17) is 15.3 Å². The molecule has 0 saturated carbocycles. The van der Waals surface area contributed by atoms with Crippen LogP contribution in [-0.4, -0.2) is 21.6 Å². The zero-order valence-electron chi connectivity index (χ0n) is 11.8. The van der Waals surface area contributed by atoms with Gasteiger partial charge < -0.3 is 9.47 Å². The SMILES string of the molecule is CCCOc1nc(NN)nc(Oc2cc(F)ccc2C)n1. The fourth-order valence-corrected chi connectivity index (χ4v) is 1.49. The van der Waals surface area contributed by atoms with Crippen LogP contribution in [0.3, 0.4) is 0 Å². The van der Waals surface area contributed by atoms with Crippen LogP contribution in [0.5, 0.6) is 17.8 Å². The molecule has 0 spiro atoms. The van der Waals surface area contributed by atoms with Gasteiger partial charge in [-0.2, -0.15) is 9.97 Å². The van der Waals surface area contributed by atoms with Crippen LogP contribution in [0.1, 0.15) is 18.9 Å². The summed E-state index contributed by atoms with van der Waals surface area (Å²) in [5.74, 6) is 5.29. The Balaban J connectivity index is 2.27. The number of benzene rings is 1. The maximum absolute atomic E-state index is 13.3. The Labute approximate surface area is 121 Å². The van der Waals surface area contributed by atoms with Crippen molar-refractivity contribution in [1.82, 2.24) is 15.0 Å². The van der Waals surface area contributed by atoms with Crippen molar-refractivity contribution >= 4 is 5.95 Å². The topological polar surface area (TPSA) is 95.2 Å². The van der Waals surface area contributed by atoms with Crippen LogP contribution < -0.4 is 20.7 Å². The van der Waals surface area contributed by atoms with E-state index in [1.807, 2.05) is 6.92 Å². The number of ether oxygens (including phenoxy) is 2. The van der Waals surface area contributed by atoms with Crippen molar-refractivity contribution in [2.24, 2.45) is 5.84 Å². The van der Waals surface area contributed by atoms with Gasteiger partial charge in [-0.3, -0.25) is 5.43 Å². The summed E-state index contributed by atoms with van der Waals surface area (Å²) in [6, 6.07) is 4.25. The highest BCUT2D eigenvalue weighted by Crippen LogP contribution is 2.24. The van der Waals surface area contributed by atoms with Crippen molar-refractivity contribution in [2.45, 2.75) is 20.3 Å². The molecule has 3 N–H and O–H groups in total. The van der Waals surface area contributed by atoms with Crippen molar-refractivity contribution in [1.29, 1.82) is 0 Å². The zero-order valence-corrected chi connectivity index (χ0v) is 11.8. The van der Waals surface area contributed by atoms with Gasteiger partial charge in [-0.25, -0.2) is 10.2 Å². The van der Waals surface area contributed by atoms with E-state index in [1.54, 1.807) is 13.0 Å². The maximum atomic E-state index is 13.3. The fraction of sp³-hybridized carbons (Fsp3) is 0.308. The Bertz CT molecular complexity index is 624. The van der Waals surface area contributed by atoms with Gasteiger partial charge in [-0.1, -0.05) is 13.0 Å². The Kier molecular flexibility index (Phi) is 4.83. The molecule has 0 saturated heterocycles. The van der Waals surface area contributed by atoms with Crippen LogP contribution in [0.4, 0.5) is 10.3 Å². The van der Waals surface area contributed by atoms with Crippen molar-refractivity contribution in [3.63, 3.8) is 0 Å². The van der Waals surface area contributed by atoms with Gasteiger partial charge in [0, 0.05) is 6.07 Å². The maximum Gasteiger partial charge on any atom is 0.330 e. The third kappa shape index (κ3) is 3.99. The van der Waals surface area contributed by atoms with E-state index < -0.39 is 5.82 Å². The molecule has 0 aliphatic carbocycles. The van der Waals surface area contributed by atoms with Crippen LogP contribution in [0, 0.1) is 12.7 Å². The molecule has 1 aromatic carbocycles. The molecule has 1 aromatic heterocycles. The Morgan fingerprint density at radius 2 is 2.00 bits per heavy atom. The van der Waals surface area contributed by atoms with Crippen LogP contribution in [0.15, 0.2) is 18.2 Å². The van der Waals surface area contributed by atoms with E-state index in [-0.39, 0.29) is 18.0 Å². The van der Waals surface area contributed by atoms with Crippen LogP contribution in [0.25, 0.3) is 0 Å². The van der Waals surface area contributed by atoms with E-state index in [9.17, 15) is 4.39 Å². The molecule has 8 heteroatoms. The average Bonchev–Trinajstić information content (AvgIpc) is 2.48. The molecule has 2 rings (SSSR count). The summed E-state index contributed by atoms with van der Waals surface area (Å²) in [7, 11) is 0. The van der Waals surface area contributed by atoms with Crippen LogP contribution in [0.2, 0.25) is 0 Å². The second-order valence-electron chi connectivity index (χ2n) is 4.23. The minimum atomic E-state index is -0.413. The van der Waals surface area contributed by atoms with E-state index in [1.165, 1.54) is 12.1 Å². The number of nitrogens with two attached hydrogens (primary N) is 1. The quantitative estimate of drug-likeness (QED) is 0.622. The molecule has 0 aliphatic heterocycles. The number of anilines is 1. The van der Waals surface area contributed by atoms with Gasteiger partial charge in [0.1, 0.15) is 11.6 Å². The number of hydrogen-bond acceptors (Lipinski definition) is 7. The molecule has 0 bridgehead atoms. The second kappa shape index (κ2) is 6.80. The number of nitrogens with one attached hydrogen (secondary N) is 1. The summed E-state index contributed by atoms with van der Waals surface area (Å²) < 4.78 is 24.0. The van der Waals surface area contributed by atoms with Gasteiger partial charge in [0.15, 0.2) is 0 Å². The molecule has 1 heterocycles. The minimum Gasteiger partial charge on any atom is -0.463 e. The normalized spacial score (nSPS) is 10.3. The van der Waals surface area contributed by atoms with Crippen molar-refractivity contribution in [2.75, 3.05) is 12.0 Å². The molecule has 0 fully saturated rings. The third-order valence-corrected chi connectivity index (χ3v) is 2.51. The zero-order chi connectivity index (χ0) is 15.2. The summed E-state index contributed by atoms with van der Waals surface area (Å²) in [5, 5.41) is 0. The van der Waals surface area contributed by atoms with Gasteiger partial charge in [0.05, 0.1) is 6.61 Å². The lowest BCUT2D eigenvalue weighted by Gasteiger charge is -2.09. The second-order valence-corrected chi connectivity index (χ2v) is 4.23. The van der Waals surface area contributed by atoms with Gasteiger partial charge in [0.25, 0.3) is 0 Å². The highest BCUT2D eigenvalue weighted by molar-refractivity contribution is 5.35. The molecule has 0 radical (unpaired) electrons. The predicted octanol–water partition coefficient (Wildman–Crippen LogP) is 2.19. The molecule has 2 aromatic rings. The Morgan fingerprint density at radius 3 is 2.71 bits per heavy atom. The van der Waals surface area contributed by atoms with E-state index in [2.05, 4.69) is 20.4 Å². The van der Waals surface area contributed by atoms with Crippen molar-refractivity contribution in [3.05, 3.63) is 29.6 Å². The van der Waals surface area contributed by atoms with Gasteiger partial charge in [0.2, 0.25) is 5.95 Å². The summed E-state index contributed by atoms with van der Waals surface area (Å²) in [6.45, 7) is 4.19. The molecule has 21 heavy (non-hydrogen) atoms. The highest BCUT2D eigenvalue weighted by atomic mass is 19.1. The van der Waals surface area contributed by atoms with E-state index >= 15 is 0 Å². The first-order valence-electron chi connectivity index (χ1n) is 6.42. The number of rotatable bonds is 6. The molecular formula is C13H16FN5O2. The monoisotopic (exact) mass is 293 g/mol. The predicted molar refractivity (Wildman–Crippen MR) is 74.6 cm³/mol. The highest BCUT2D eigenvalue weighted by Gasteiger charge is 2.11. The van der Waals surface area contributed by atoms with Crippen LogP contribution >= 0.6 is 0 Å². The summed E-state index contributed by atoms with van der Waals surface area (Å²) in [5.41, 5.74) is 3.05.